The molecule has 1 atom stereocenters. The maximum Gasteiger partial charge on any atom is 0.152 e. The minimum atomic E-state index is 0.146. The summed E-state index contributed by atoms with van der Waals surface area (Å²) in [6.07, 6.45) is 5.85. The zero-order chi connectivity index (χ0) is 13.5. The molecule has 0 bridgehead atoms. The van der Waals surface area contributed by atoms with E-state index in [0.717, 1.165) is 12.8 Å². The molecule has 3 nitrogen and oxygen atoms in total. The number of hydrogen-bond donors (Lipinski definition) is 0. The number of hydrogen-bond acceptors (Lipinski definition) is 3. The fraction of sp³-hybridized carbons (Fsp3) is 0.615. The van der Waals surface area contributed by atoms with Crippen LogP contribution in [0.1, 0.15) is 63.3 Å². The average Bonchev–Trinajstić information content (AvgIpc) is 2.34. The highest BCUT2D eigenvalue weighted by atomic mass is 35.5. The molecule has 1 rings (SSSR count). The van der Waals surface area contributed by atoms with Crippen LogP contribution in [0, 0.1) is 11.3 Å². The summed E-state index contributed by atoms with van der Waals surface area (Å²) in [5, 5.41) is 9.12. The van der Waals surface area contributed by atoms with E-state index in [4.69, 9.17) is 28.5 Å². The Morgan fingerprint density at radius 1 is 1.17 bits per heavy atom. The molecular weight excluding hydrogens is 269 g/mol. The van der Waals surface area contributed by atoms with Crippen LogP contribution in [0.25, 0.3) is 0 Å². The van der Waals surface area contributed by atoms with Crippen molar-refractivity contribution in [2.45, 2.75) is 51.9 Å². The van der Waals surface area contributed by atoms with E-state index in [9.17, 15) is 0 Å². The van der Waals surface area contributed by atoms with E-state index >= 15 is 0 Å². The standard InChI is InChI=1S/C13H17Cl2N3/c1-3-4-5-6-7-9(2)13-17-11(14)10(8-16)12(15)18-13/h9H,3-7H2,1-2H3. The molecule has 0 aliphatic heterocycles. The van der Waals surface area contributed by atoms with Gasteiger partial charge >= 0.3 is 0 Å². The van der Waals surface area contributed by atoms with Gasteiger partial charge in [-0.05, 0) is 6.42 Å². The van der Waals surface area contributed by atoms with Crippen molar-refractivity contribution in [2.75, 3.05) is 0 Å². The summed E-state index contributed by atoms with van der Waals surface area (Å²) in [5.41, 5.74) is 0.153. The third-order valence-corrected chi connectivity index (χ3v) is 3.43. The molecule has 0 radical (unpaired) electrons. The van der Waals surface area contributed by atoms with Crippen LogP contribution in [0.15, 0.2) is 0 Å². The Hall–Kier alpha value is -0.850. The van der Waals surface area contributed by atoms with Crippen LogP contribution < -0.4 is 0 Å². The molecule has 98 valence electrons. The monoisotopic (exact) mass is 285 g/mol. The SMILES string of the molecule is CCCCCCC(C)c1nc(Cl)c(C#N)c(Cl)n1. The molecule has 1 aromatic heterocycles. The summed E-state index contributed by atoms with van der Waals surface area (Å²) in [6, 6.07) is 1.90. The lowest BCUT2D eigenvalue weighted by atomic mass is 10.0. The Morgan fingerprint density at radius 3 is 2.28 bits per heavy atom. The second-order valence-corrected chi connectivity index (χ2v) is 5.12. The largest absolute Gasteiger partial charge is 0.219 e. The van der Waals surface area contributed by atoms with Crippen molar-refractivity contribution in [3.8, 4) is 6.07 Å². The number of aromatic nitrogens is 2. The second-order valence-electron chi connectivity index (χ2n) is 4.40. The molecule has 0 aromatic carbocycles. The molecule has 0 saturated heterocycles. The van der Waals surface area contributed by atoms with Gasteiger partial charge in [0.1, 0.15) is 17.5 Å². The Kier molecular flexibility index (Phi) is 6.38. The third-order valence-electron chi connectivity index (χ3n) is 2.88. The summed E-state index contributed by atoms with van der Waals surface area (Å²) in [5.74, 6) is 0.838. The molecule has 0 aliphatic carbocycles. The van der Waals surface area contributed by atoms with Crippen molar-refractivity contribution in [3.63, 3.8) is 0 Å². The molecule has 1 unspecified atom stereocenters. The second kappa shape index (κ2) is 7.56. The van der Waals surface area contributed by atoms with Crippen LogP contribution in [-0.2, 0) is 0 Å². The summed E-state index contributed by atoms with van der Waals surface area (Å²) < 4.78 is 0. The van der Waals surface area contributed by atoms with Gasteiger partial charge < -0.3 is 0 Å². The molecule has 0 N–H and O–H groups in total. The number of nitriles is 1. The van der Waals surface area contributed by atoms with Crippen LogP contribution in [0.4, 0.5) is 0 Å². The van der Waals surface area contributed by atoms with Crippen molar-refractivity contribution >= 4 is 23.2 Å². The lowest BCUT2D eigenvalue weighted by Gasteiger charge is -2.11. The van der Waals surface area contributed by atoms with Crippen molar-refractivity contribution < 1.29 is 0 Å². The van der Waals surface area contributed by atoms with E-state index in [2.05, 4.69) is 23.8 Å². The molecule has 1 heterocycles. The Morgan fingerprint density at radius 2 is 1.78 bits per heavy atom. The van der Waals surface area contributed by atoms with E-state index in [1.165, 1.54) is 19.3 Å². The molecule has 0 saturated carbocycles. The zero-order valence-corrected chi connectivity index (χ0v) is 12.2. The Bertz CT molecular complexity index is 417. The molecule has 1 aromatic rings. The topological polar surface area (TPSA) is 49.6 Å². The number of nitrogens with zero attached hydrogens (tertiary/aromatic N) is 3. The molecule has 18 heavy (non-hydrogen) atoms. The summed E-state index contributed by atoms with van der Waals surface area (Å²) in [7, 11) is 0. The molecule has 0 amide bonds. The lowest BCUT2D eigenvalue weighted by Crippen LogP contribution is -2.03. The molecule has 5 heteroatoms. The molecular formula is C13H17Cl2N3. The average molecular weight is 286 g/mol. The quantitative estimate of drug-likeness (QED) is 0.561. The van der Waals surface area contributed by atoms with E-state index in [0.29, 0.717) is 5.82 Å². The van der Waals surface area contributed by atoms with Gasteiger partial charge in [0.05, 0.1) is 0 Å². The summed E-state index contributed by atoms with van der Waals surface area (Å²) in [4.78, 5) is 8.30. The van der Waals surface area contributed by atoms with Crippen LogP contribution >= 0.6 is 23.2 Å². The third kappa shape index (κ3) is 4.12. The van der Waals surface area contributed by atoms with Crippen LogP contribution in [0.5, 0.6) is 0 Å². The van der Waals surface area contributed by atoms with Crippen molar-refractivity contribution in [1.29, 1.82) is 5.26 Å². The first-order valence-corrected chi connectivity index (χ1v) is 6.98. The number of unbranched alkanes of at least 4 members (excludes halogenated alkanes) is 3. The highest BCUT2D eigenvalue weighted by Crippen LogP contribution is 2.25. The van der Waals surface area contributed by atoms with E-state index < -0.39 is 0 Å². The van der Waals surface area contributed by atoms with Gasteiger partial charge in [-0.15, -0.1) is 0 Å². The van der Waals surface area contributed by atoms with E-state index in [1.54, 1.807) is 0 Å². The van der Waals surface area contributed by atoms with Crippen LogP contribution in [-0.4, -0.2) is 9.97 Å². The van der Waals surface area contributed by atoms with Gasteiger partial charge in [0.25, 0.3) is 0 Å². The summed E-state index contributed by atoms with van der Waals surface area (Å²) >= 11 is 11.8. The van der Waals surface area contributed by atoms with Crippen molar-refractivity contribution in [2.24, 2.45) is 0 Å². The Balaban J connectivity index is 2.69. The van der Waals surface area contributed by atoms with Crippen molar-refractivity contribution in [1.82, 2.24) is 9.97 Å². The first-order valence-electron chi connectivity index (χ1n) is 6.23. The maximum absolute atomic E-state index is 8.83. The van der Waals surface area contributed by atoms with Gasteiger partial charge in [0.15, 0.2) is 10.3 Å². The molecule has 0 spiro atoms. The van der Waals surface area contributed by atoms with Gasteiger partial charge in [0.2, 0.25) is 0 Å². The Labute approximate surface area is 118 Å². The fourth-order valence-corrected chi connectivity index (χ4v) is 2.23. The first kappa shape index (κ1) is 15.2. The first-order chi connectivity index (χ1) is 8.60. The normalized spacial score (nSPS) is 12.2. The smallest absolute Gasteiger partial charge is 0.152 e. The van der Waals surface area contributed by atoms with Gasteiger partial charge in [-0.1, -0.05) is 62.7 Å². The van der Waals surface area contributed by atoms with E-state index in [-0.39, 0.29) is 21.8 Å². The van der Waals surface area contributed by atoms with Gasteiger partial charge in [-0.25, -0.2) is 9.97 Å². The van der Waals surface area contributed by atoms with Crippen molar-refractivity contribution in [3.05, 3.63) is 21.7 Å². The molecule has 0 fully saturated rings. The van der Waals surface area contributed by atoms with Gasteiger partial charge in [0, 0.05) is 5.92 Å². The highest BCUT2D eigenvalue weighted by Gasteiger charge is 2.15. The van der Waals surface area contributed by atoms with Crippen LogP contribution in [0.2, 0.25) is 10.3 Å². The number of rotatable bonds is 6. The minimum absolute atomic E-state index is 0.146. The highest BCUT2D eigenvalue weighted by molar-refractivity contribution is 6.35. The zero-order valence-electron chi connectivity index (χ0n) is 10.7. The fourth-order valence-electron chi connectivity index (χ4n) is 1.74. The summed E-state index contributed by atoms with van der Waals surface area (Å²) in [6.45, 7) is 4.24. The number of halogens is 2. The van der Waals surface area contributed by atoms with E-state index in [1.807, 2.05) is 6.07 Å². The molecule has 0 aliphatic rings. The predicted molar refractivity (Wildman–Crippen MR) is 73.9 cm³/mol. The van der Waals surface area contributed by atoms with Gasteiger partial charge in [-0.3, -0.25) is 0 Å². The maximum atomic E-state index is 8.83. The predicted octanol–water partition coefficient (Wildman–Crippen LogP) is 4.73. The van der Waals surface area contributed by atoms with Gasteiger partial charge in [-0.2, -0.15) is 5.26 Å². The minimum Gasteiger partial charge on any atom is -0.219 e. The lowest BCUT2D eigenvalue weighted by molar-refractivity contribution is 0.561. The van der Waals surface area contributed by atoms with Crippen LogP contribution in [0.3, 0.4) is 0 Å².